The summed E-state index contributed by atoms with van der Waals surface area (Å²) in [4.78, 5) is 30.7. The molecule has 1 aromatic heterocycles. The van der Waals surface area contributed by atoms with Crippen molar-refractivity contribution in [2.24, 2.45) is 4.40 Å². The summed E-state index contributed by atoms with van der Waals surface area (Å²) in [5.41, 5.74) is 1.30. The largest absolute Gasteiger partial charge is 0.362 e. The van der Waals surface area contributed by atoms with E-state index in [1.165, 1.54) is 24.3 Å². The molecule has 1 aliphatic rings. The number of aryl methyl sites for hydroxylation is 1. The van der Waals surface area contributed by atoms with E-state index in [-0.39, 0.29) is 23.1 Å². The van der Waals surface area contributed by atoms with E-state index in [9.17, 15) is 18.0 Å². The van der Waals surface area contributed by atoms with Crippen LogP contribution in [0.5, 0.6) is 0 Å². The van der Waals surface area contributed by atoms with Gasteiger partial charge in [0.1, 0.15) is 5.84 Å². The van der Waals surface area contributed by atoms with Gasteiger partial charge in [-0.3, -0.25) is 9.59 Å². The van der Waals surface area contributed by atoms with Crippen molar-refractivity contribution in [1.29, 1.82) is 0 Å². The highest BCUT2D eigenvalue weighted by atomic mass is 32.2. The number of carbonyl (C=O) groups excluding carboxylic acids is 2. The zero-order valence-electron chi connectivity index (χ0n) is 19.2. The Morgan fingerprint density at radius 3 is 2.57 bits per heavy atom. The van der Waals surface area contributed by atoms with Crippen LogP contribution in [0.15, 0.2) is 76.5 Å². The van der Waals surface area contributed by atoms with Gasteiger partial charge >= 0.3 is 0 Å². The molecule has 1 saturated heterocycles. The minimum Gasteiger partial charge on any atom is -0.362 e. The maximum absolute atomic E-state index is 12.7. The number of sulfonamides is 1. The number of likely N-dealkylation sites (tertiary alicyclic amines) is 1. The molecule has 1 fully saturated rings. The molecule has 182 valence electrons. The first-order chi connectivity index (χ1) is 16.8. The molecule has 2 heterocycles. The van der Waals surface area contributed by atoms with Crippen molar-refractivity contribution in [1.82, 2.24) is 14.5 Å². The minimum atomic E-state index is -3.82. The molecule has 0 unspecified atom stereocenters. The van der Waals surface area contributed by atoms with Gasteiger partial charge < -0.3 is 20.1 Å². The number of hydrogen-bond donors (Lipinski definition) is 2. The second-order valence-electron chi connectivity index (χ2n) is 8.17. The summed E-state index contributed by atoms with van der Waals surface area (Å²) in [6.45, 7) is 1.29. The number of rotatable bonds is 8. The van der Waals surface area contributed by atoms with Crippen LogP contribution in [0.2, 0.25) is 0 Å². The van der Waals surface area contributed by atoms with E-state index in [4.69, 9.17) is 0 Å². The quantitative estimate of drug-likeness (QED) is 0.496. The van der Waals surface area contributed by atoms with Crippen LogP contribution < -0.4 is 10.6 Å². The first-order valence-electron chi connectivity index (χ1n) is 11.1. The Bertz CT molecular complexity index is 1330. The number of imidazole rings is 1. The van der Waals surface area contributed by atoms with Gasteiger partial charge in [0.05, 0.1) is 11.2 Å². The summed E-state index contributed by atoms with van der Waals surface area (Å²) >= 11 is 0. The molecule has 3 aromatic rings. The van der Waals surface area contributed by atoms with Crippen LogP contribution in [0.4, 0.5) is 11.4 Å². The summed E-state index contributed by atoms with van der Waals surface area (Å²) in [5, 5.41) is 5.53. The third kappa shape index (κ3) is 6.33. The highest BCUT2D eigenvalue weighted by Crippen LogP contribution is 2.20. The smallest absolute Gasteiger partial charge is 0.283 e. The Kier molecular flexibility index (Phi) is 7.25. The second-order valence-corrected chi connectivity index (χ2v) is 9.77. The van der Waals surface area contributed by atoms with E-state index in [0.29, 0.717) is 35.7 Å². The van der Waals surface area contributed by atoms with E-state index in [1.807, 2.05) is 11.9 Å². The molecule has 0 spiro atoms. The van der Waals surface area contributed by atoms with Crippen LogP contribution in [0.25, 0.3) is 0 Å². The number of hydrogen-bond acceptors (Lipinski definition) is 5. The molecule has 1 aliphatic heterocycles. The molecule has 2 amide bonds. The Labute approximate surface area is 203 Å². The summed E-state index contributed by atoms with van der Waals surface area (Å²) in [6, 6.07) is 12.5. The average Bonchev–Trinajstić information content (AvgIpc) is 3.50. The van der Waals surface area contributed by atoms with E-state index < -0.39 is 10.0 Å². The summed E-state index contributed by atoms with van der Waals surface area (Å²) in [7, 11) is -2.00. The van der Waals surface area contributed by atoms with Crippen LogP contribution in [-0.4, -0.2) is 54.1 Å². The predicted octanol–water partition coefficient (Wildman–Crippen LogP) is 2.98. The molecule has 0 saturated carbocycles. The molecule has 4 rings (SSSR count). The molecule has 2 aromatic carbocycles. The fourth-order valence-electron chi connectivity index (χ4n) is 3.63. The third-order valence-corrected chi connectivity index (χ3v) is 6.85. The van der Waals surface area contributed by atoms with Gasteiger partial charge in [0.25, 0.3) is 15.9 Å². The summed E-state index contributed by atoms with van der Waals surface area (Å²) < 4.78 is 30.9. The van der Waals surface area contributed by atoms with Gasteiger partial charge in [0, 0.05) is 62.3 Å². The highest BCUT2D eigenvalue weighted by molar-refractivity contribution is 7.90. The molecular weight excluding hydrogens is 468 g/mol. The molecule has 0 radical (unpaired) electrons. The Hall–Kier alpha value is -3.99. The lowest BCUT2D eigenvalue weighted by Crippen LogP contribution is -2.20. The Morgan fingerprint density at radius 2 is 1.89 bits per heavy atom. The first kappa shape index (κ1) is 24.1. The molecular formula is C24H26N6O4S. The van der Waals surface area contributed by atoms with Crippen LogP contribution in [-0.2, 0) is 21.4 Å². The van der Waals surface area contributed by atoms with Gasteiger partial charge in [0.2, 0.25) is 5.91 Å². The van der Waals surface area contributed by atoms with Crippen molar-refractivity contribution in [3.05, 3.63) is 72.8 Å². The van der Waals surface area contributed by atoms with E-state index in [1.54, 1.807) is 47.6 Å². The normalized spacial score (nSPS) is 14.8. The number of nitrogens with one attached hydrogen (secondary N) is 2. The topological polar surface area (TPSA) is 126 Å². The van der Waals surface area contributed by atoms with Crippen LogP contribution in [0.1, 0.15) is 29.6 Å². The molecule has 11 heteroatoms. The van der Waals surface area contributed by atoms with Crippen molar-refractivity contribution >= 4 is 39.0 Å². The summed E-state index contributed by atoms with van der Waals surface area (Å²) in [5.74, 6) is -0.0144. The number of amidine groups is 1. The zero-order chi connectivity index (χ0) is 24.8. The molecule has 10 nitrogen and oxygen atoms in total. The highest BCUT2D eigenvalue weighted by Gasteiger charge is 2.20. The SMILES string of the molecule is CN1CCC/C1=N\S(=O)(=O)c1ccc(NC(=O)c2cccc(NC(=O)CCn3ccnc3)c2)cc1. The lowest BCUT2D eigenvalue weighted by Gasteiger charge is -2.11. The monoisotopic (exact) mass is 494 g/mol. The van der Waals surface area contributed by atoms with E-state index in [2.05, 4.69) is 20.0 Å². The number of benzene rings is 2. The van der Waals surface area contributed by atoms with Crippen molar-refractivity contribution in [3.8, 4) is 0 Å². The maximum atomic E-state index is 12.7. The lowest BCUT2D eigenvalue weighted by molar-refractivity contribution is -0.116. The van der Waals surface area contributed by atoms with Crippen LogP contribution >= 0.6 is 0 Å². The third-order valence-electron chi connectivity index (χ3n) is 5.53. The molecule has 35 heavy (non-hydrogen) atoms. The van der Waals surface area contributed by atoms with Crippen molar-refractivity contribution in [2.75, 3.05) is 24.2 Å². The number of nitrogens with zero attached hydrogens (tertiary/aromatic N) is 4. The first-order valence-corrected chi connectivity index (χ1v) is 12.6. The molecule has 0 atom stereocenters. The van der Waals surface area contributed by atoms with Gasteiger partial charge in [-0.2, -0.15) is 8.42 Å². The molecule has 0 bridgehead atoms. The summed E-state index contributed by atoms with van der Waals surface area (Å²) in [6.07, 6.45) is 6.85. The minimum absolute atomic E-state index is 0.0590. The number of carbonyl (C=O) groups is 2. The standard InChI is InChI=1S/C24H26N6O4S/c1-29-13-3-6-22(29)28-35(33,34)21-9-7-19(8-10-21)27-24(32)18-4-2-5-20(16-18)26-23(31)11-14-30-15-12-25-17-30/h2,4-5,7-10,12,15-17H,3,6,11,13-14H2,1H3,(H,26,31)(H,27,32)/b28-22+. The zero-order valence-corrected chi connectivity index (χ0v) is 20.0. The fourth-order valence-corrected chi connectivity index (χ4v) is 4.72. The fraction of sp³-hybridized carbons (Fsp3) is 0.250. The van der Waals surface area contributed by atoms with Crippen molar-refractivity contribution < 1.29 is 18.0 Å². The van der Waals surface area contributed by atoms with Gasteiger partial charge in [-0.25, -0.2) is 4.98 Å². The molecule has 2 N–H and O–H groups in total. The Balaban J connectivity index is 1.36. The van der Waals surface area contributed by atoms with E-state index >= 15 is 0 Å². The Morgan fingerprint density at radius 1 is 1.09 bits per heavy atom. The number of aromatic nitrogens is 2. The van der Waals surface area contributed by atoms with Crippen molar-refractivity contribution in [2.45, 2.75) is 30.7 Å². The molecule has 0 aliphatic carbocycles. The lowest BCUT2D eigenvalue weighted by atomic mass is 10.1. The van der Waals surface area contributed by atoms with E-state index in [0.717, 1.165) is 13.0 Å². The van der Waals surface area contributed by atoms with Crippen molar-refractivity contribution in [3.63, 3.8) is 0 Å². The predicted molar refractivity (Wildman–Crippen MR) is 133 cm³/mol. The van der Waals surface area contributed by atoms with Gasteiger partial charge in [0.15, 0.2) is 0 Å². The van der Waals surface area contributed by atoms with Gasteiger partial charge in [-0.1, -0.05) is 6.07 Å². The maximum Gasteiger partial charge on any atom is 0.283 e. The van der Waals surface area contributed by atoms with Crippen LogP contribution in [0, 0.1) is 0 Å². The number of anilines is 2. The average molecular weight is 495 g/mol. The van der Waals surface area contributed by atoms with Gasteiger partial charge in [-0.05, 0) is 48.9 Å². The van der Waals surface area contributed by atoms with Crippen LogP contribution in [0.3, 0.4) is 0 Å². The number of amides is 2. The van der Waals surface area contributed by atoms with Gasteiger partial charge in [-0.15, -0.1) is 4.40 Å². The second kappa shape index (κ2) is 10.5.